The molecule has 3 heteroatoms. The van der Waals surface area contributed by atoms with E-state index in [9.17, 15) is 0 Å². The monoisotopic (exact) mass is 708 g/mol. The number of nitrogens with zero attached hydrogens (tertiary/aromatic N) is 2. The third-order valence-corrected chi connectivity index (χ3v) is 14.3. The number of fused-ring (bicyclic) bond motifs is 9. The van der Waals surface area contributed by atoms with Crippen molar-refractivity contribution < 1.29 is 4.42 Å². The Morgan fingerprint density at radius 3 is 1.84 bits per heavy atom. The molecule has 0 aliphatic heterocycles. The van der Waals surface area contributed by atoms with Gasteiger partial charge in [-0.05, 0) is 139 Å². The zero-order valence-corrected chi connectivity index (χ0v) is 30.7. The lowest BCUT2D eigenvalue weighted by Gasteiger charge is -2.61. The van der Waals surface area contributed by atoms with Crippen molar-refractivity contribution in [3.05, 3.63) is 169 Å². The van der Waals surface area contributed by atoms with Gasteiger partial charge in [-0.25, -0.2) is 0 Å². The third kappa shape index (κ3) is 4.06. The molecule has 0 unspecified atom stereocenters. The third-order valence-electron chi connectivity index (χ3n) is 14.3. The summed E-state index contributed by atoms with van der Waals surface area (Å²) in [5.74, 6) is 3.33. The summed E-state index contributed by atoms with van der Waals surface area (Å²) in [5, 5.41) is 4.84. The standard InChI is InChI=1S/C52H40N2O/c1-5-16-46-40(12-1)45-30-38(21-23-47(45)52(46)34-25-32-24-33(27-34)28-35(52)26-32)53(39-20-22-44-43-15-4-8-19-50(43)55-51(44)31-39)36-10-9-11-37(29-36)54-48-17-6-2-13-41(48)42-14-3-7-18-49(42)54/h1-23,29-35H,24-28H2. The topological polar surface area (TPSA) is 21.3 Å². The van der Waals surface area contributed by atoms with Gasteiger partial charge < -0.3 is 13.9 Å². The molecule has 55 heavy (non-hydrogen) atoms. The van der Waals surface area contributed by atoms with Crippen LogP contribution in [0.2, 0.25) is 0 Å². The molecular formula is C52H40N2O. The Bertz CT molecular complexity index is 2950. The number of hydrogen-bond donors (Lipinski definition) is 0. The zero-order valence-electron chi connectivity index (χ0n) is 30.7. The van der Waals surface area contributed by atoms with E-state index in [1.54, 1.807) is 11.1 Å². The van der Waals surface area contributed by atoms with Crippen molar-refractivity contribution in [2.45, 2.75) is 37.5 Å². The van der Waals surface area contributed by atoms with Gasteiger partial charge in [0.15, 0.2) is 0 Å². The van der Waals surface area contributed by atoms with Gasteiger partial charge in [0.1, 0.15) is 11.2 Å². The number of hydrogen-bond acceptors (Lipinski definition) is 2. The molecule has 0 N–H and O–H groups in total. The first-order valence-electron chi connectivity index (χ1n) is 20.3. The van der Waals surface area contributed by atoms with Gasteiger partial charge >= 0.3 is 0 Å². The highest BCUT2D eigenvalue weighted by molar-refractivity contribution is 6.09. The predicted molar refractivity (Wildman–Crippen MR) is 226 cm³/mol. The number of rotatable bonds is 4. The second-order valence-electron chi connectivity index (χ2n) is 17.0. The molecule has 7 aromatic carbocycles. The van der Waals surface area contributed by atoms with Crippen LogP contribution in [0, 0.1) is 23.7 Å². The first-order chi connectivity index (χ1) is 27.2. The van der Waals surface area contributed by atoms with E-state index in [0.717, 1.165) is 62.7 Å². The number of para-hydroxylation sites is 3. The highest BCUT2D eigenvalue weighted by Gasteiger charge is 2.61. The Morgan fingerprint density at radius 2 is 1.05 bits per heavy atom. The summed E-state index contributed by atoms with van der Waals surface area (Å²) in [6.45, 7) is 0. The summed E-state index contributed by atoms with van der Waals surface area (Å²) in [4.78, 5) is 2.45. The Labute approximate surface area is 320 Å². The predicted octanol–water partition coefficient (Wildman–Crippen LogP) is 13.9. The van der Waals surface area contributed by atoms with Gasteiger partial charge in [0.25, 0.3) is 0 Å². The fourth-order valence-electron chi connectivity index (χ4n) is 12.6. The Balaban J connectivity index is 1.03. The average molecular weight is 709 g/mol. The fraction of sp³-hybridized carbons (Fsp3) is 0.192. The lowest BCUT2D eigenvalue weighted by atomic mass is 9.43. The minimum atomic E-state index is 0.145. The van der Waals surface area contributed by atoms with Crippen LogP contribution >= 0.6 is 0 Å². The molecule has 2 aromatic heterocycles. The molecule has 0 amide bonds. The molecule has 0 saturated heterocycles. The van der Waals surface area contributed by atoms with Crippen LogP contribution in [-0.2, 0) is 5.41 Å². The van der Waals surface area contributed by atoms with Crippen LogP contribution in [0.4, 0.5) is 17.1 Å². The second-order valence-corrected chi connectivity index (χ2v) is 17.0. The van der Waals surface area contributed by atoms with Gasteiger partial charge in [0.05, 0.1) is 11.0 Å². The number of anilines is 3. The molecule has 0 radical (unpaired) electrons. The van der Waals surface area contributed by atoms with E-state index in [0.29, 0.717) is 0 Å². The molecule has 5 aliphatic rings. The smallest absolute Gasteiger partial charge is 0.137 e. The summed E-state index contributed by atoms with van der Waals surface area (Å²) in [6, 6.07) is 58.7. The molecule has 0 atom stereocenters. The van der Waals surface area contributed by atoms with Crippen LogP contribution in [0.5, 0.6) is 0 Å². The van der Waals surface area contributed by atoms with Crippen molar-refractivity contribution in [1.29, 1.82) is 0 Å². The molecule has 264 valence electrons. The molecule has 4 fully saturated rings. The van der Waals surface area contributed by atoms with Crippen LogP contribution in [0.15, 0.2) is 162 Å². The number of aromatic nitrogens is 1. The van der Waals surface area contributed by atoms with Gasteiger partial charge in [0.2, 0.25) is 0 Å². The van der Waals surface area contributed by atoms with Crippen molar-refractivity contribution in [3.8, 4) is 16.8 Å². The normalized spacial score (nSPS) is 23.3. The van der Waals surface area contributed by atoms with E-state index in [2.05, 4.69) is 167 Å². The molecule has 4 saturated carbocycles. The number of benzene rings is 7. The molecule has 3 nitrogen and oxygen atoms in total. The SMILES string of the molecule is c1cc(N(c2ccc3c(c2)-c2ccccc2C32C3CC4CC(C3)CC2C4)c2ccc3c(c2)oc2ccccc23)cc(-n2c3ccccc3c3ccccc32)c1. The largest absolute Gasteiger partial charge is 0.456 e. The van der Waals surface area contributed by atoms with Crippen LogP contribution in [0.25, 0.3) is 60.6 Å². The van der Waals surface area contributed by atoms with E-state index in [-0.39, 0.29) is 5.41 Å². The highest BCUT2D eigenvalue weighted by atomic mass is 16.3. The Morgan fingerprint density at radius 1 is 0.455 bits per heavy atom. The van der Waals surface area contributed by atoms with E-state index >= 15 is 0 Å². The van der Waals surface area contributed by atoms with E-state index < -0.39 is 0 Å². The van der Waals surface area contributed by atoms with Crippen molar-refractivity contribution >= 4 is 60.8 Å². The summed E-state index contributed by atoms with van der Waals surface area (Å²) in [7, 11) is 0. The molecule has 2 heterocycles. The van der Waals surface area contributed by atoms with Crippen molar-refractivity contribution in [3.63, 3.8) is 0 Å². The fourth-order valence-corrected chi connectivity index (χ4v) is 12.6. The Hall–Kier alpha value is -6.06. The van der Waals surface area contributed by atoms with Crippen LogP contribution in [0.3, 0.4) is 0 Å². The van der Waals surface area contributed by atoms with Gasteiger partial charge in [-0.15, -0.1) is 0 Å². The maximum Gasteiger partial charge on any atom is 0.137 e. The molecular weight excluding hydrogens is 669 g/mol. The first-order valence-corrected chi connectivity index (χ1v) is 20.3. The van der Waals surface area contributed by atoms with Gasteiger partial charge in [0, 0.05) is 55.8 Å². The van der Waals surface area contributed by atoms with E-state index in [4.69, 9.17) is 4.42 Å². The van der Waals surface area contributed by atoms with Crippen molar-refractivity contribution in [1.82, 2.24) is 4.57 Å². The molecule has 1 spiro atoms. The second kappa shape index (κ2) is 11.0. The van der Waals surface area contributed by atoms with Gasteiger partial charge in [-0.3, -0.25) is 0 Å². The van der Waals surface area contributed by atoms with Crippen LogP contribution in [-0.4, -0.2) is 4.57 Å². The van der Waals surface area contributed by atoms with Crippen LogP contribution in [0.1, 0.15) is 43.2 Å². The van der Waals surface area contributed by atoms with Gasteiger partial charge in [-0.1, -0.05) is 91.0 Å². The van der Waals surface area contributed by atoms with E-state index in [1.807, 2.05) is 0 Å². The zero-order chi connectivity index (χ0) is 35.8. The highest BCUT2D eigenvalue weighted by Crippen LogP contribution is 2.69. The molecule has 4 bridgehead atoms. The summed E-state index contributed by atoms with van der Waals surface area (Å²) in [5.41, 5.74) is 15.0. The molecule has 9 aromatic rings. The lowest BCUT2D eigenvalue weighted by molar-refractivity contribution is -0.0399. The summed E-state index contributed by atoms with van der Waals surface area (Å²) < 4.78 is 8.93. The van der Waals surface area contributed by atoms with E-state index in [1.165, 1.54) is 70.7 Å². The molecule has 14 rings (SSSR count). The van der Waals surface area contributed by atoms with Gasteiger partial charge in [-0.2, -0.15) is 0 Å². The number of furan rings is 1. The quantitative estimate of drug-likeness (QED) is 0.181. The van der Waals surface area contributed by atoms with Crippen LogP contribution < -0.4 is 4.90 Å². The minimum Gasteiger partial charge on any atom is -0.456 e. The average Bonchev–Trinajstić information content (AvgIpc) is 3.86. The molecule has 5 aliphatic carbocycles. The summed E-state index contributed by atoms with van der Waals surface area (Å²) >= 11 is 0. The maximum absolute atomic E-state index is 6.51. The maximum atomic E-state index is 6.51. The van der Waals surface area contributed by atoms with Crippen molar-refractivity contribution in [2.24, 2.45) is 23.7 Å². The first kappa shape index (κ1) is 30.3. The Kier molecular flexibility index (Phi) is 6.06. The summed E-state index contributed by atoms with van der Waals surface area (Å²) in [6.07, 6.45) is 7.03. The lowest BCUT2D eigenvalue weighted by Crippen LogP contribution is -2.55. The minimum absolute atomic E-state index is 0.145. The van der Waals surface area contributed by atoms with Crippen molar-refractivity contribution in [2.75, 3.05) is 4.90 Å².